The number of carbonyl (C=O) groups is 1. The molecule has 0 saturated carbocycles. The zero-order valence-electron chi connectivity index (χ0n) is 12.2. The van der Waals surface area contributed by atoms with Gasteiger partial charge in [-0.05, 0) is 49.6 Å². The highest BCUT2D eigenvalue weighted by Gasteiger charge is 2.06. The Labute approximate surface area is 129 Å². The lowest BCUT2D eigenvalue weighted by molar-refractivity contribution is 0.0955. The fraction of sp³-hybridized carbons (Fsp3) is 0.250. The zero-order chi connectivity index (χ0) is 15.1. The van der Waals surface area contributed by atoms with Crippen molar-refractivity contribution in [1.82, 2.24) is 5.43 Å². The monoisotopic (exact) mass is 301 g/mol. The minimum atomic E-state index is -0.200. The molecule has 1 aromatic carbocycles. The van der Waals surface area contributed by atoms with E-state index in [4.69, 9.17) is 0 Å². The fourth-order valence-electron chi connectivity index (χ4n) is 2.00. The van der Waals surface area contributed by atoms with E-state index in [-0.39, 0.29) is 5.91 Å². The summed E-state index contributed by atoms with van der Waals surface area (Å²) < 4.78 is 0. The third kappa shape index (κ3) is 4.16. The molecule has 1 N–H and O–H groups in total. The van der Waals surface area contributed by atoms with E-state index >= 15 is 0 Å². The number of benzene rings is 1. The van der Waals surface area contributed by atoms with Gasteiger partial charge in [0.2, 0.25) is 0 Å². The fourth-order valence-corrected chi connectivity index (χ4v) is 2.58. The van der Waals surface area contributed by atoms with Crippen molar-refractivity contribution in [1.29, 1.82) is 0 Å². The Kier molecular flexibility index (Phi) is 5.51. The minimum Gasteiger partial charge on any atom is -0.372 e. The third-order valence-corrected chi connectivity index (χ3v) is 3.97. The quantitative estimate of drug-likeness (QED) is 0.657. The SMILES string of the molecule is CCN(CC)c1ccc(C(=O)N/N=C\c2cccs2)cc1. The van der Waals surface area contributed by atoms with Crippen LogP contribution in [0.15, 0.2) is 46.9 Å². The van der Waals surface area contributed by atoms with Gasteiger partial charge in [0, 0.05) is 29.2 Å². The van der Waals surface area contributed by atoms with Crippen LogP contribution in [-0.4, -0.2) is 25.2 Å². The van der Waals surface area contributed by atoms with Crippen molar-refractivity contribution in [2.45, 2.75) is 13.8 Å². The second-order valence-electron chi connectivity index (χ2n) is 4.43. The van der Waals surface area contributed by atoms with Crippen molar-refractivity contribution in [3.05, 3.63) is 52.2 Å². The van der Waals surface area contributed by atoms with E-state index in [2.05, 4.69) is 29.3 Å². The number of carbonyl (C=O) groups excluding carboxylic acids is 1. The smallest absolute Gasteiger partial charge is 0.271 e. The van der Waals surface area contributed by atoms with Crippen LogP contribution in [0.5, 0.6) is 0 Å². The third-order valence-electron chi connectivity index (χ3n) is 3.16. The standard InChI is InChI=1S/C16H19N3OS/c1-3-19(4-2)14-9-7-13(8-10-14)16(20)18-17-12-15-6-5-11-21-15/h5-12H,3-4H2,1-2H3,(H,18,20)/b17-12-. The predicted molar refractivity (Wildman–Crippen MR) is 89.4 cm³/mol. The highest BCUT2D eigenvalue weighted by atomic mass is 32.1. The van der Waals surface area contributed by atoms with E-state index in [0.717, 1.165) is 23.7 Å². The largest absolute Gasteiger partial charge is 0.372 e. The van der Waals surface area contributed by atoms with Gasteiger partial charge < -0.3 is 4.90 Å². The lowest BCUT2D eigenvalue weighted by atomic mass is 10.2. The summed E-state index contributed by atoms with van der Waals surface area (Å²) in [5.41, 5.74) is 4.27. The summed E-state index contributed by atoms with van der Waals surface area (Å²) in [4.78, 5) is 15.2. The Morgan fingerprint density at radius 1 is 1.24 bits per heavy atom. The van der Waals surface area contributed by atoms with Gasteiger partial charge in [-0.3, -0.25) is 4.79 Å². The maximum atomic E-state index is 12.0. The van der Waals surface area contributed by atoms with Crippen molar-refractivity contribution in [2.75, 3.05) is 18.0 Å². The van der Waals surface area contributed by atoms with Gasteiger partial charge in [0.05, 0.1) is 6.21 Å². The lowest BCUT2D eigenvalue weighted by Gasteiger charge is -2.20. The summed E-state index contributed by atoms with van der Waals surface area (Å²) in [7, 11) is 0. The molecule has 0 aliphatic rings. The van der Waals surface area contributed by atoms with Crippen LogP contribution in [0.1, 0.15) is 29.1 Å². The van der Waals surface area contributed by atoms with E-state index in [0.29, 0.717) is 5.56 Å². The Morgan fingerprint density at radius 2 is 1.95 bits per heavy atom. The molecule has 2 aromatic rings. The van der Waals surface area contributed by atoms with Crippen LogP contribution < -0.4 is 10.3 Å². The molecule has 0 spiro atoms. The molecular formula is C16H19N3OS. The first-order valence-electron chi connectivity index (χ1n) is 6.96. The van der Waals surface area contributed by atoms with Crippen LogP contribution in [0.4, 0.5) is 5.69 Å². The highest BCUT2D eigenvalue weighted by Crippen LogP contribution is 2.14. The van der Waals surface area contributed by atoms with Gasteiger partial charge in [-0.25, -0.2) is 5.43 Å². The van der Waals surface area contributed by atoms with Gasteiger partial charge in [0.15, 0.2) is 0 Å². The molecule has 4 nitrogen and oxygen atoms in total. The van der Waals surface area contributed by atoms with Gasteiger partial charge in [-0.1, -0.05) is 6.07 Å². The van der Waals surface area contributed by atoms with E-state index < -0.39 is 0 Å². The number of thiophene rings is 1. The molecule has 0 fully saturated rings. The first-order chi connectivity index (χ1) is 10.2. The van der Waals surface area contributed by atoms with Gasteiger partial charge in [0.25, 0.3) is 5.91 Å². The molecule has 0 unspecified atom stereocenters. The van der Waals surface area contributed by atoms with Gasteiger partial charge >= 0.3 is 0 Å². The molecular weight excluding hydrogens is 282 g/mol. The van der Waals surface area contributed by atoms with Crippen LogP contribution in [0.3, 0.4) is 0 Å². The van der Waals surface area contributed by atoms with Crippen molar-refractivity contribution in [3.8, 4) is 0 Å². The molecule has 1 amide bonds. The van der Waals surface area contributed by atoms with Crippen LogP contribution in [0.25, 0.3) is 0 Å². The first kappa shape index (κ1) is 15.3. The molecule has 0 saturated heterocycles. The number of hydrazone groups is 1. The number of amides is 1. The average molecular weight is 301 g/mol. The Hall–Kier alpha value is -2.14. The molecule has 1 heterocycles. The summed E-state index contributed by atoms with van der Waals surface area (Å²) in [6, 6.07) is 11.5. The Balaban J connectivity index is 1.96. The average Bonchev–Trinajstić information content (AvgIpc) is 3.02. The summed E-state index contributed by atoms with van der Waals surface area (Å²) >= 11 is 1.57. The summed E-state index contributed by atoms with van der Waals surface area (Å²) in [5, 5.41) is 5.92. The topological polar surface area (TPSA) is 44.7 Å². The van der Waals surface area contributed by atoms with Gasteiger partial charge in [-0.2, -0.15) is 5.10 Å². The Bertz CT molecular complexity index is 586. The van der Waals surface area contributed by atoms with Crippen molar-refractivity contribution < 1.29 is 4.79 Å². The zero-order valence-corrected chi connectivity index (χ0v) is 13.1. The van der Waals surface area contributed by atoms with Crippen LogP contribution in [0.2, 0.25) is 0 Å². The predicted octanol–water partition coefficient (Wildman–Crippen LogP) is 3.36. The molecule has 0 bridgehead atoms. The maximum absolute atomic E-state index is 12.0. The minimum absolute atomic E-state index is 0.200. The van der Waals surface area contributed by atoms with E-state index in [1.165, 1.54) is 0 Å². The van der Waals surface area contributed by atoms with Crippen molar-refractivity contribution >= 4 is 29.1 Å². The molecule has 0 aliphatic heterocycles. The van der Waals surface area contributed by atoms with Crippen molar-refractivity contribution in [2.24, 2.45) is 5.10 Å². The molecule has 2 rings (SSSR count). The van der Waals surface area contributed by atoms with Crippen molar-refractivity contribution in [3.63, 3.8) is 0 Å². The molecule has 0 atom stereocenters. The number of anilines is 1. The molecule has 5 heteroatoms. The number of hydrogen-bond acceptors (Lipinski definition) is 4. The summed E-state index contributed by atoms with van der Waals surface area (Å²) in [6.45, 7) is 6.13. The summed E-state index contributed by atoms with van der Waals surface area (Å²) in [5.74, 6) is -0.200. The number of hydrogen-bond donors (Lipinski definition) is 1. The van der Waals surface area contributed by atoms with Gasteiger partial charge in [-0.15, -0.1) is 11.3 Å². The second-order valence-corrected chi connectivity index (χ2v) is 5.41. The normalized spacial score (nSPS) is 10.8. The van der Waals surface area contributed by atoms with Crippen LogP contribution in [0, 0.1) is 0 Å². The van der Waals surface area contributed by atoms with Crippen LogP contribution >= 0.6 is 11.3 Å². The highest BCUT2D eigenvalue weighted by molar-refractivity contribution is 7.11. The molecule has 110 valence electrons. The van der Waals surface area contributed by atoms with E-state index in [9.17, 15) is 4.79 Å². The Morgan fingerprint density at radius 3 is 2.52 bits per heavy atom. The molecule has 21 heavy (non-hydrogen) atoms. The lowest BCUT2D eigenvalue weighted by Crippen LogP contribution is -2.22. The van der Waals surface area contributed by atoms with Crippen LogP contribution in [-0.2, 0) is 0 Å². The number of rotatable bonds is 6. The number of nitrogens with zero attached hydrogens (tertiary/aromatic N) is 2. The number of nitrogens with one attached hydrogen (secondary N) is 1. The molecule has 0 aliphatic carbocycles. The first-order valence-corrected chi connectivity index (χ1v) is 7.84. The van der Waals surface area contributed by atoms with E-state index in [1.807, 2.05) is 41.8 Å². The maximum Gasteiger partial charge on any atom is 0.271 e. The van der Waals surface area contributed by atoms with Gasteiger partial charge in [0.1, 0.15) is 0 Å². The summed E-state index contributed by atoms with van der Waals surface area (Å²) in [6.07, 6.45) is 1.65. The van der Waals surface area contributed by atoms with E-state index in [1.54, 1.807) is 17.6 Å². The molecule has 0 radical (unpaired) electrons. The molecule has 1 aromatic heterocycles. The second kappa shape index (κ2) is 7.59.